The zero-order chi connectivity index (χ0) is 19.7. The normalized spacial score (nSPS) is 21.6. The molecular formula is C20H22N4O3S. The van der Waals surface area contributed by atoms with Crippen molar-refractivity contribution in [1.82, 2.24) is 9.21 Å². The molecule has 2 aromatic carbocycles. The molecule has 0 aromatic heterocycles. The fourth-order valence-corrected chi connectivity index (χ4v) is 5.75. The van der Waals surface area contributed by atoms with Crippen molar-refractivity contribution in [3.63, 3.8) is 0 Å². The Bertz CT molecular complexity index is 1000. The number of hydrogen-bond acceptors (Lipinski definition) is 5. The van der Waals surface area contributed by atoms with E-state index < -0.39 is 10.2 Å². The number of ether oxygens (including phenoxy) is 1. The molecule has 146 valence electrons. The van der Waals surface area contributed by atoms with Gasteiger partial charge in [-0.15, -0.1) is 0 Å². The lowest BCUT2D eigenvalue weighted by Gasteiger charge is -2.24. The number of nitrogens with zero attached hydrogens (tertiary/aromatic N) is 4. The van der Waals surface area contributed by atoms with Crippen LogP contribution in [0.1, 0.15) is 6.42 Å². The second kappa shape index (κ2) is 7.34. The van der Waals surface area contributed by atoms with Crippen molar-refractivity contribution in [1.29, 1.82) is 5.26 Å². The molecule has 0 bridgehead atoms. The highest BCUT2D eigenvalue weighted by molar-refractivity contribution is 7.90. The van der Waals surface area contributed by atoms with Crippen LogP contribution in [0.15, 0.2) is 48.5 Å². The summed E-state index contributed by atoms with van der Waals surface area (Å²) in [5, 5.41) is 9.05. The summed E-state index contributed by atoms with van der Waals surface area (Å²) < 4.78 is 34.8. The van der Waals surface area contributed by atoms with Crippen molar-refractivity contribution in [2.45, 2.75) is 12.5 Å². The van der Waals surface area contributed by atoms with E-state index in [0.29, 0.717) is 44.0 Å². The monoisotopic (exact) mass is 398 g/mol. The Labute approximate surface area is 165 Å². The van der Waals surface area contributed by atoms with Crippen LogP contribution in [0.25, 0.3) is 11.1 Å². The molecule has 0 radical (unpaired) electrons. The van der Waals surface area contributed by atoms with Crippen molar-refractivity contribution < 1.29 is 13.2 Å². The third kappa shape index (κ3) is 3.17. The molecule has 0 saturated carbocycles. The molecule has 0 amide bonds. The molecule has 2 aliphatic rings. The van der Waals surface area contributed by atoms with Gasteiger partial charge >= 0.3 is 10.2 Å². The summed E-state index contributed by atoms with van der Waals surface area (Å²) in [4.78, 5) is 1.61. The predicted molar refractivity (Wildman–Crippen MR) is 107 cm³/mol. The van der Waals surface area contributed by atoms with Gasteiger partial charge in [0.25, 0.3) is 0 Å². The van der Waals surface area contributed by atoms with E-state index in [2.05, 4.69) is 6.19 Å². The van der Waals surface area contributed by atoms with Gasteiger partial charge in [0.15, 0.2) is 6.19 Å². The van der Waals surface area contributed by atoms with Gasteiger partial charge in [0, 0.05) is 43.9 Å². The van der Waals surface area contributed by atoms with Gasteiger partial charge < -0.3 is 9.64 Å². The smallest absolute Gasteiger partial charge is 0.304 e. The Morgan fingerprint density at radius 2 is 1.89 bits per heavy atom. The van der Waals surface area contributed by atoms with E-state index in [-0.39, 0.29) is 6.04 Å². The molecule has 4 rings (SSSR count). The summed E-state index contributed by atoms with van der Waals surface area (Å²) in [6.45, 7) is 1.88. The lowest BCUT2D eigenvalue weighted by atomic mass is 10.0. The van der Waals surface area contributed by atoms with Crippen molar-refractivity contribution in [3.8, 4) is 23.1 Å². The van der Waals surface area contributed by atoms with E-state index in [0.717, 1.165) is 11.1 Å². The van der Waals surface area contributed by atoms with Gasteiger partial charge in [-0.25, -0.2) is 0 Å². The minimum Gasteiger partial charge on any atom is -0.496 e. The van der Waals surface area contributed by atoms with Crippen LogP contribution < -0.4 is 9.04 Å². The first kappa shape index (κ1) is 18.6. The standard InChI is InChI=1S/C20H22N4O3S/c1-27-20-13-17(7-8-19(20)16-5-3-2-4-6-16)23-11-12-24(28(23,25)26)18-9-10-22(14-18)15-21/h2-8,13,18H,9-12,14H2,1H3/t18-/m1/s1. The van der Waals surface area contributed by atoms with Gasteiger partial charge in [0.2, 0.25) is 0 Å². The second-order valence-electron chi connectivity index (χ2n) is 6.93. The van der Waals surface area contributed by atoms with Crippen LogP contribution in [0, 0.1) is 11.5 Å². The quantitative estimate of drug-likeness (QED) is 0.739. The van der Waals surface area contributed by atoms with Gasteiger partial charge in [-0.05, 0) is 24.1 Å². The summed E-state index contributed by atoms with van der Waals surface area (Å²) >= 11 is 0. The molecule has 2 aliphatic heterocycles. The van der Waals surface area contributed by atoms with Crippen LogP contribution in [0.4, 0.5) is 5.69 Å². The molecule has 2 saturated heterocycles. The van der Waals surface area contributed by atoms with E-state index >= 15 is 0 Å². The highest BCUT2D eigenvalue weighted by Crippen LogP contribution is 2.36. The highest BCUT2D eigenvalue weighted by Gasteiger charge is 2.43. The third-order valence-electron chi connectivity index (χ3n) is 5.37. The van der Waals surface area contributed by atoms with E-state index in [1.54, 1.807) is 18.1 Å². The molecular weight excluding hydrogens is 376 g/mol. The molecule has 28 heavy (non-hydrogen) atoms. The maximum Gasteiger partial charge on any atom is 0.304 e. The van der Waals surface area contributed by atoms with Gasteiger partial charge in [-0.3, -0.25) is 4.31 Å². The van der Waals surface area contributed by atoms with E-state index in [9.17, 15) is 8.42 Å². The molecule has 1 atom stereocenters. The van der Waals surface area contributed by atoms with Crippen molar-refractivity contribution in [2.75, 3.05) is 37.6 Å². The zero-order valence-electron chi connectivity index (χ0n) is 15.7. The van der Waals surface area contributed by atoms with Crippen LogP contribution in [-0.4, -0.2) is 57.0 Å². The average molecular weight is 398 g/mol. The Balaban J connectivity index is 1.62. The third-order valence-corrected chi connectivity index (χ3v) is 7.39. The zero-order valence-corrected chi connectivity index (χ0v) is 16.5. The van der Waals surface area contributed by atoms with Gasteiger partial charge in [0.1, 0.15) is 5.75 Å². The SMILES string of the molecule is COc1cc(N2CCN([C@@H]3CCN(C#N)C3)S2(=O)=O)ccc1-c1ccccc1. The molecule has 7 nitrogen and oxygen atoms in total. The Kier molecular flexibility index (Phi) is 4.87. The topological polar surface area (TPSA) is 76.9 Å². The first-order valence-corrected chi connectivity index (χ1v) is 10.6. The molecule has 8 heteroatoms. The van der Waals surface area contributed by atoms with Crippen LogP contribution in [0.2, 0.25) is 0 Å². The number of hydrogen-bond donors (Lipinski definition) is 0. The largest absolute Gasteiger partial charge is 0.496 e. The maximum absolute atomic E-state index is 13.1. The number of rotatable bonds is 4. The molecule has 2 aromatic rings. The van der Waals surface area contributed by atoms with Crippen molar-refractivity contribution >= 4 is 15.9 Å². The minimum absolute atomic E-state index is 0.153. The van der Waals surface area contributed by atoms with Gasteiger partial charge in [0.05, 0.1) is 12.8 Å². The predicted octanol–water partition coefficient (Wildman–Crippen LogP) is 2.28. The first-order valence-electron chi connectivity index (χ1n) is 9.22. The summed E-state index contributed by atoms with van der Waals surface area (Å²) in [5.74, 6) is 0.633. The number of nitriles is 1. The Morgan fingerprint density at radius 3 is 2.57 bits per heavy atom. The lowest BCUT2D eigenvalue weighted by Crippen LogP contribution is -2.41. The number of methoxy groups -OCH3 is 1. The summed E-state index contributed by atoms with van der Waals surface area (Å²) in [5.41, 5.74) is 2.52. The Morgan fingerprint density at radius 1 is 1.11 bits per heavy atom. The van der Waals surface area contributed by atoms with Crippen molar-refractivity contribution in [2.24, 2.45) is 0 Å². The number of anilines is 1. The van der Waals surface area contributed by atoms with Crippen molar-refractivity contribution in [3.05, 3.63) is 48.5 Å². The van der Waals surface area contributed by atoms with E-state index in [4.69, 9.17) is 10.00 Å². The fourth-order valence-electron chi connectivity index (χ4n) is 3.94. The van der Waals surface area contributed by atoms with Gasteiger partial charge in [-0.1, -0.05) is 30.3 Å². The van der Waals surface area contributed by atoms with Gasteiger partial charge in [-0.2, -0.15) is 18.0 Å². The van der Waals surface area contributed by atoms with Crippen LogP contribution >= 0.6 is 0 Å². The van der Waals surface area contributed by atoms with E-state index in [1.165, 1.54) is 8.61 Å². The summed E-state index contributed by atoms with van der Waals surface area (Å²) in [6.07, 6.45) is 2.78. The Hall–Kier alpha value is -2.76. The molecule has 2 fully saturated rings. The lowest BCUT2D eigenvalue weighted by molar-refractivity contribution is 0.345. The van der Waals surface area contributed by atoms with E-state index in [1.807, 2.05) is 42.5 Å². The minimum atomic E-state index is -3.62. The molecule has 2 heterocycles. The first-order chi connectivity index (χ1) is 13.5. The maximum atomic E-state index is 13.1. The summed E-state index contributed by atoms with van der Waals surface area (Å²) in [7, 11) is -2.03. The highest BCUT2D eigenvalue weighted by atomic mass is 32.2. The average Bonchev–Trinajstić information content (AvgIpc) is 3.31. The molecule has 0 unspecified atom stereocenters. The summed E-state index contributed by atoms with van der Waals surface area (Å²) in [6, 6.07) is 15.2. The number of likely N-dealkylation sites (tertiary alicyclic amines) is 1. The number of benzene rings is 2. The fraction of sp³-hybridized carbons (Fsp3) is 0.350. The molecule has 0 spiro atoms. The second-order valence-corrected chi connectivity index (χ2v) is 8.74. The van der Waals surface area contributed by atoms with Crippen LogP contribution in [0.5, 0.6) is 5.75 Å². The van der Waals surface area contributed by atoms with Crippen LogP contribution in [0.3, 0.4) is 0 Å². The molecule has 0 aliphatic carbocycles. The van der Waals surface area contributed by atoms with Crippen LogP contribution in [-0.2, 0) is 10.2 Å². The molecule has 0 N–H and O–H groups in total.